The number of hydrogen-bond acceptors (Lipinski definition) is 2. The lowest BCUT2D eigenvalue weighted by atomic mass is 10.1. The van der Waals surface area contributed by atoms with Gasteiger partial charge in [-0.05, 0) is 30.2 Å². The van der Waals surface area contributed by atoms with Crippen LogP contribution >= 0.6 is 15.9 Å². The minimum Gasteiger partial charge on any atom is -0.347 e. The van der Waals surface area contributed by atoms with Gasteiger partial charge in [-0.2, -0.15) is 0 Å². The molecule has 0 fully saturated rings. The van der Waals surface area contributed by atoms with Gasteiger partial charge >= 0.3 is 0 Å². The third-order valence-electron chi connectivity index (χ3n) is 3.69. The van der Waals surface area contributed by atoms with Crippen molar-refractivity contribution >= 4 is 36.7 Å². The van der Waals surface area contributed by atoms with Crippen LogP contribution in [0.4, 0.5) is 0 Å². The second-order valence-electron chi connectivity index (χ2n) is 4.95. The summed E-state index contributed by atoms with van der Waals surface area (Å²) < 4.78 is 26.8. The highest BCUT2D eigenvalue weighted by molar-refractivity contribution is 9.10. The number of benzene rings is 1. The van der Waals surface area contributed by atoms with Crippen LogP contribution in [0.15, 0.2) is 16.6 Å². The summed E-state index contributed by atoms with van der Waals surface area (Å²) in [5.41, 5.74) is 4.48. The first-order valence-electron chi connectivity index (χ1n) is 5.86. The Morgan fingerprint density at radius 2 is 2.06 bits per heavy atom. The van der Waals surface area contributed by atoms with Crippen LogP contribution in [0.25, 0.3) is 10.9 Å². The number of nitrogens with zero attached hydrogens (tertiary/aromatic N) is 1. The molecule has 3 rings (SSSR count). The molecule has 2 aromatic rings. The highest BCUT2D eigenvalue weighted by atomic mass is 79.9. The van der Waals surface area contributed by atoms with Crippen molar-refractivity contribution in [3.63, 3.8) is 0 Å². The van der Waals surface area contributed by atoms with Crippen LogP contribution in [0.5, 0.6) is 0 Å². The predicted molar refractivity (Wildman–Crippen MR) is 76.6 cm³/mol. The molecule has 0 radical (unpaired) electrons. The molecule has 18 heavy (non-hydrogen) atoms. The molecule has 1 aromatic heterocycles. The van der Waals surface area contributed by atoms with Crippen molar-refractivity contribution in [3.8, 4) is 0 Å². The van der Waals surface area contributed by atoms with Gasteiger partial charge in [0.1, 0.15) is 0 Å². The van der Waals surface area contributed by atoms with Crippen LogP contribution in [0.2, 0.25) is 0 Å². The molecule has 0 saturated carbocycles. The monoisotopic (exact) mass is 327 g/mol. The fourth-order valence-electron chi connectivity index (χ4n) is 2.93. The minimum atomic E-state index is -2.93. The van der Waals surface area contributed by atoms with Crippen LogP contribution in [-0.2, 0) is 29.1 Å². The predicted octanol–water partition coefficient (Wildman–Crippen LogP) is 2.72. The summed E-state index contributed by atoms with van der Waals surface area (Å²) in [4.78, 5) is 0. The van der Waals surface area contributed by atoms with Crippen molar-refractivity contribution in [2.24, 2.45) is 7.05 Å². The molecule has 1 aliphatic rings. The van der Waals surface area contributed by atoms with Crippen molar-refractivity contribution in [2.75, 3.05) is 5.75 Å². The summed E-state index contributed by atoms with van der Waals surface area (Å²) >= 11 is 3.49. The van der Waals surface area contributed by atoms with E-state index < -0.39 is 9.84 Å². The van der Waals surface area contributed by atoms with E-state index in [4.69, 9.17) is 0 Å². The van der Waals surface area contributed by atoms with E-state index in [2.05, 4.69) is 33.5 Å². The number of aryl methyl sites for hydroxylation is 2. The van der Waals surface area contributed by atoms with Gasteiger partial charge in [-0.25, -0.2) is 8.42 Å². The van der Waals surface area contributed by atoms with Gasteiger partial charge in [0.25, 0.3) is 0 Å². The van der Waals surface area contributed by atoms with Crippen molar-refractivity contribution in [3.05, 3.63) is 33.4 Å². The Morgan fingerprint density at radius 3 is 2.78 bits per heavy atom. The summed E-state index contributed by atoms with van der Waals surface area (Å²) in [5.74, 6) is 0.444. The number of hydrogen-bond donors (Lipinski definition) is 0. The van der Waals surface area contributed by atoms with E-state index in [0.29, 0.717) is 6.42 Å². The molecule has 0 saturated heterocycles. The molecular formula is C13H14BrNO2S. The minimum absolute atomic E-state index is 0.176. The fraction of sp³-hybridized carbons (Fsp3) is 0.385. The molecule has 0 aliphatic carbocycles. The summed E-state index contributed by atoms with van der Waals surface area (Å²) in [7, 11) is -0.901. The van der Waals surface area contributed by atoms with Gasteiger partial charge in [-0.15, -0.1) is 0 Å². The van der Waals surface area contributed by atoms with Gasteiger partial charge in [0.2, 0.25) is 0 Å². The van der Waals surface area contributed by atoms with E-state index in [1.54, 1.807) is 0 Å². The molecule has 0 atom stereocenters. The molecule has 0 amide bonds. The highest BCUT2D eigenvalue weighted by Crippen LogP contribution is 2.34. The van der Waals surface area contributed by atoms with Crippen molar-refractivity contribution in [1.29, 1.82) is 0 Å². The Kier molecular flexibility index (Phi) is 2.61. The summed E-state index contributed by atoms with van der Waals surface area (Å²) in [6, 6.07) is 4.10. The molecule has 1 aliphatic heterocycles. The van der Waals surface area contributed by atoms with Gasteiger partial charge in [0.15, 0.2) is 9.84 Å². The average Bonchev–Trinajstić information content (AvgIpc) is 2.50. The van der Waals surface area contributed by atoms with Gasteiger partial charge in [-0.3, -0.25) is 0 Å². The Hall–Kier alpha value is -0.810. The molecule has 2 heterocycles. The molecular weight excluding hydrogens is 314 g/mol. The van der Waals surface area contributed by atoms with Crippen molar-refractivity contribution in [2.45, 2.75) is 19.1 Å². The van der Waals surface area contributed by atoms with E-state index in [9.17, 15) is 8.42 Å². The largest absolute Gasteiger partial charge is 0.347 e. The maximum atomic E-state index is 11.8. The summed E-state index contributed by atoms with van der Waals surface area (Å²) in [5, 5.41) is 1.07. The Bertz CT molecular complexity index is 759. The zero-order chi connectivity index (χ0) is 13.1. The lowest BCUT2D eigenvalue weighted by Crippen LogP contribution is -2.19. The Labute approximate surface area is 115 Å². The molecule has 0 unspecified atom stereocenters. The average molecular weight is 328 g/mol. The van der Waals surface area contributed by atoms with Crippen molar-refractivity contribution in [1.82, 2.24) is 4.57 Å². The normalized spacial score (nSPS) is 17.9. The molecule has 96 valence electrons. The Morgan fingerprint density at radius 1 is 1.33 bits per heavy atom. The lowest BCUT2D eigenvalue weighted by Gasteiger charge is -2.14. The van der Waals surface area contributed by atoms with Gasteiger partial charge in [0.05, 0.1) is 17.0 Å². The number of aromatic nitrogens is 1. The zero-order valence-electron chi connectivity index (χ0n) is 10.3. The topological polar surface area (TPSA) is 39.1 Å². The quantitative estimate of drug-likeness (QED) is 0.746. The summed E-state index contributed by atoms with van der Waals surface area (Å²) in [6.45, 7) is 2.06. The molecule has 3 nitrogen and oxygen atoms in total. The van der Waals surface area contributed by atoms with Gasteiger partial charge in [-0.1, -0.05) is 15.9 Å². The summed E-state index contributed by atoms with van der Waals surface area (Å²) in [6.07, 6.45) is 0.625. The van der Waals surface area contributed by atoms with E-state index in [-0.39, 0.29) is 11.5 Å². The third kappa shape index (κ3) is 1.72. The zero-order valence-corrected chi connectivity index (χ0v) is 12.7. The van der Waals surface area contributed by atoms with Gasteiger partial charge < -0.3 is 4.57 Å². The second kappa shape index (κ2) is 3.84. The third-order valence-corrected chi connectivity index (χ3v) is 5.71. The highest BCUT2D eigenvalue weighted by Gasteiger charge is 2.27. The first-order chi connectivity index (χ1) is 8.39. The van der Waals surface area contributed by atoms with Crippen LogP contribution < -0.4 is 0 Å². The van der Waals surface area contributed by atoms with E-state index in [1.165, 1.54) is 11.3 Å². The molecule has 5 heteroatoms. The molecule has 1 aromatic carbocycles. The smallest absolute Gasteiger partial charge is 0.154 e. The van der Waals surface area contributed by atoms with Crippen molar-refractivity contribution < 1.29 is 8.42 Å². The van der Waals surface area contributed by atoms with Crippen LogP contribution in [0.3, 0.4) is 0 Å². The first-order valence-corrected chi connectivity index (χ1v) is 8.47. The number of fused-ring (bicyclic) bond motifs is 3. The van der Waals surface area contributed by atoms with Crippen LogP contribution in [0.1, 0.15) is 16.8 Å². The molecule has 0 spiro atoms. The number of rotatable bonds is 0. The van der Waals surface area contributed by atoms with Gasteiger partial charge in [0, 0.05) is 29.0 Å². The van der Waals surface area contributed by atoms with E-state index in [0.717, 1.165) is 20.9 Å². The second-order valence-corrected chi connectivity index (χ2v) is 8.04. The number of halogens is 1. The maximum Gasteiger partial charge on any atom is 0.154 e. The molecule has 0 bridgehead atoms. The van der Waals surface area contributed by atoms with E-state index in [1.807, 2.05) is 13.1 Å². The number of sulfone groups is 1. The maximum absolute atomic E-state index is 11.8. The van der Waals surface area contributed by atoms with E-state index >= 15 is 0 Å². The standard InChI is InChI=1S/C13H14BrNO2S/c1-8-5-9(14)6-10-11-7-18(16,17)4-3-12(11)15(2)13(8)10/h5-6H,3-4,7H2,1-2H3. The molecule has 0 N–H and O–H groups in total. The lowest BCUT2D eigenvalue weighted by molar-refractivity contribution is 0.590. The fourth-order valence-corrected chi connectivity index (χ4v) is 4.91. The Balaban J connectivity index is 2.43. The van der Waals surface area contributed by atoms with Crippen LogP contribution in [-0.4, -0.2) is 18.7 Å². The first kappa shape index (κ1) is 12.2. The SMILES string of the molecule is Cc1cc(Br)cc2c3c(n(C)c12)CCS(=O)(=O)C3. The van der Waals surface area contributed by atoms with Crippen LogP contribution in [0, 0.1) is 6.92 Å².